The first-order chi connectivity index (χ1) is 17.8. The lowest BCUT2D eigenvalue weighted by atomic mass is 10.2. The van der Waals surface area contributed by atoms with E-state index in [1.54, 1.807) is 12.4 Å². The topological polar surface area (TPSA) is 77.0 Å². The number of anilines is 1. The second kappa shape index (κ2) is 9.65. The number of benzene rings is 3. The Morgan fingerprint density at radius 3 is 2.46 bits per heavy atom. The van der Waals surface area contributed by atoms with Gasteiger partial charge in [-0.2, -0.15) is 4.39 Å². The van der Waals surface area contributed by atoms with E-state index >= 15 is 0 Å². The van der Waals surface area contributed by atoms with Crippen molar-refractivity contribution >= 4 is 22.6 Å². The number of aryl methyl sites for hydroxylation is 1. The molecule has 0 saturated carbocycles. The molecule has 0 aliphatic rings. The van der Waals surface area contributed by atoms with Gasteiger partial charge in [0.1, 0.15) is 11.6 Å². The van der Waals surface area contributed by atoms with Crippen LogP contribution in [0.15, 0.2) is 73.1 Å². The first-order valence-electron chi connectivity index (χ1n) is 10.9. The van der Waals surface area contributed by atoms with E-state index in [1.165, 1.54) is 30.3 Å². The van der Waals surface area contributed by atoms with Crippen LogP contribution >= 0.6 is 0 Å². The minimum atomic E-state index is -1.65. The fraction of sp³-hybridized carbons (Fsp3) is 0.0370. The van der Waals surface area contributed by atoms with Crippen LogP contribution in [-0.2, 0) is 0 Å². The van der Waals surface area contributed by atoms with Crippen LogP contribution < -0.4 is 10.1 Å². The highest BCUT2D eigenvalue weighted by Crippen LogP contribution is 2.34. The van der Waals surface area contributed by atoms with Gasteiger partial charge in [-0.05, 0) is 49.4 Å². The SMILES string of the molecule is Cc1ccc(-c2cnc3ccc(Oc4c(F)cc(NC(=O)c5cccc(F)c5)c(F)c4F)cc3n2)cn1. The van der Waals surface area contributed by atoms with Gasteiger partial charge in [-0.25, -0.2) is 18.2 Å². The number of hydrogen-bond acceptors (Lipinski definition) is 5. The number of pyridine rings is 1. The smallest absolute Gasteiger partial charge is 0.255 e. The summed E-state index contributed by atoms with van der Waals surface area (Å²) in [5.74, 6) is -7.13. The van der Waals surface area contributed by atoms with Crippen LogP contribution in [0.4, 0.5) is 23.2 Å². The number of ether oxygens (including phenoxy) is 1. The lowest BCUT2D eigenvalue weighted by Gasteiger charge is -2.13. The third-order valence-corrected chi connectivity index (χ3v) is 5.39. The largest absolute Gasteiger partial charge is 0.451 e. The molecule has 10 heteroatoms. The van der Waals surface area contributed by atoms with Crippen molar-refractivity contribution in [1.82, 2.24) is 15.0 Å². The van der Waals surface area contributed by atoms with Crippen LogP contribution in [0, 0.1) is 30.2 Å². The third kappa shape index (κ3) is 4.94. The van der Waals surface area contributed by atoms with E-state index in [4.69, 9.17) is 4.74 Å². The zero-order valence-corrected chi connectivity index (χ0v) is 19.1. The molecular weight excluding hydrogens is 488 g/mol. The van der Waals surface area contributed by atoms with Crippen molar-refractivity contribution in [2.24, 2.45) is 0 Å². The fourth-order valence-corrected chi connectivity index (χ4v) is 3.52. The molecule has 0 radical (unpaired) electrons. The molecule has 0 fully saturated rings. The van der Waals surface area contributed by atoms with Crippen LogP contribution in [-0.4, -0.2) is 20.9 Å². The molecule has 184 valence electrons. The molecule has 1 amide bonds. The van der Waals surface area contributed by atoms with Crippen molar-refractivity contribution in [2.75, 3.05) is 5.32 Å². The lowest BCUT2D eigenvalue weighted by Crippen LogP contribution is -2.14. The van der Waals surface area contributed by atoms with E-state index < -0.39 is 40.6 Å². The molecule has 1 N–H and O–H groups in total. The molecule has 6 nitrogen and oxygen atoms in total. The van der Waals surface area contributed by atoms with E-state index in [1.807, 2.05) is 24.4 Å². The first kappa shape index (κ1) is 23.9. The van der Waals surface area contributed by atoms with Crippen LogP contribution in [0.25, 0.3) is 22.3 Å². The van der Waals surface area contributed by atoms with Crippen molar-refractivity contribution in [3.8, 4) is 22.8 Å². The van der Waals surface area contributed by atoms with Crippen molar-refractivity contribution in [3.63, 3.8) is 0 Å². The highest BCUT2D eigenvalue weighted by atomic mass is 19.2. The quantitative estimate of drug-likeness (QED) is 0.216. The van der Waals surface area contributed by atoms with Crippen LogP contribution in [0.2, 0.25) is 0 Å². The highest BCUT2D eigenvalue weighted by molar-refractivity contribution is 6.04. The van der Waals surface area contributed by atoms with Gasteiger partial charge in [-0.1, -0.05) is 6.07 Å². The molecule has 0 bridgehead atoms. The Morgan fingerprint density at radius 1 is 0.865 bits per heavy atom. The fourth-order valence-electron chi connectivity index (χ4n) is 3.52. The number of rotatable bonds is 5. The molecule has 5 aromatic rings. The van der Waals surface area contributed by atoms with E-state index in [2.05, 4.69) is 15.0 Å². The summed E-state index contributed by atoms with van der Waals surface area (Å²) in [6, 6.07) is 13.1. The summed E-state index contributed by atoms with van der Waals surface area (Å²) in [4.78, 5) is 25.3. The van der Waals surface area contributed by atoms with Crippen LogP contribution in [0.1, 0.15) is 16.1 Å². The van der Waals surface area contributed by atoms with E-state index in [9.17, 15) is 22.4 Å². The molecule has 2 heterocycles. The lowest BCUT2D eigenvalue weighted by molar-refractivity contribution is 0.102. The predicted molar refractivity (Wildman–Crippen MR) is 128 cm³/mol. The van der Waals surface area contributed by atoms with E-state index in [0.717, 1.165) is 23.4 Å². The number of carbonyl (C=O) groups excluding carboxylic acids is 1. The van der Waals surface area contributed by atoms with Crippen molar-refractivity contribution in [2.45, 2.75) is 6.92 Å². The van der Waals surface area contributed by atoms with Crippen molar-refractivity contribution in [1.29, 1.82) is 0 Å². The van der Waals surface area contributed by atoms with Gasteiger partial charge in [0.15, 0.2) is 11.6 Å². The molecule has 0 spiro atoms. The second-order valence-electron chi connectivity index (χ2n) is 8.02. The molecule has 3 aromatic carbocycles. The minimum Gasteiger partial charge on any atom is -0.451 e. The number of hydrogen-bond donors (Lipinski definition) is 1. The Balaban J connectivity index is 1.42. The third-order valence-electron chi connectivity index (χ3n) is 5.39. The number of nitrogens with one attached hydrogen (secondary N) is 1. The molecule has 5 rings (SSSR count). The maximum atomic E-state index is 14.8. The molecule has 0 atom stereocenters. The standard InChI is InChI=1S/C27H16F4N4O2/c1-14-5-6-16(12-32-14)23-13-33-20-8-7-18(10-21(20)34-23)37-26-19(29)11-22(24(30)25(26)31)35-27(36)15-3-2-4-17(28)9-15/h2-13H,1H3,(H,35,36). The summed E-state index contributed by atoms with van der Waals surface area (Å²) < 4.78 is 62.9. The summed E-state index contributed by atoms with van der Waals surface area (Å²) in [6.07, 6.45) is 3.22. The van der Waals surface area contributed by atoms with Gasteiger partial charge in [0.25, 0.3) is 5.91 Å². The number of aromatic nitrogens is 3. The Labute approximate surface area is 207 Å². The number of halogens is 4. The summed E-state index contributed by atoms with van der Waals surface area (Å²) in [5, 5.41) is 2.04. The monoisotopic (exact) mass is 504 g/mol. The van der Waals surface area contributed by atoms with Gasteiger partial charge in [-0.3, -0.25) is 14.8 Å². The highest BCUT2D eigenvalue weighted by Gasteiger charge is 2.23. The Hall–Kier alpha value is -4.86. The minimum absolute atomic E-state index is 0.0188. The van der Waals surface area contributed by atoms with Gasteiger partial charge >= 0.3 is 0 Å². The summed E-state index contributed by atoms with van der Waals surface area (Å²) in [5.41, 5.74) is 2.04. The maximum Gasteiger partial charge on any atom is 0.255 e. The number of fused-ring (bicyclic) bond motifs is 1. The van der Waals surface area contributed by atoms with E-state index in [-0.39, 0.29) is 11.3 Å². The molecule has 2 aromatic heterocycles. The van der Waals surface area contributed by atoms with Crippen LogP contribution in [0.3, 0.4) is 0 Å². The summed E-state index contributed by atoms with van der Waals surface area (Å²) >= 11 is 0. The normalized spacial score (nSPS) is 10.9. The molecule has 0 aliphatic carbocycles. The summed E-state index contributed by atoms with van der Waals surface area (Å²) in [6.45, 7) is 1.85. The molecule has 0 aliphatic heterocycles. The molecule has 0 saturated heterocycles. The van der Waals surface area contributed by atoms with Crippen molar-refractivity contribution in [3.05, 3.63) is 108 Å². The second-order valence-corrected chi connectivity index (χ2v) is 8.02. The Kier molecular flexibility index (Phi) is 6.22. The van der Waals surface area contributed by atoms with Crippen molar-refractivity contribution < 1.29 is 27.1 Å². The molecule has 0 unspecified atom stereocenters. The van der Waals surface area contributed by atoms with Gasteiger partial charge in [0.05, 0.1) is 28.6 Å². The summed E-state index contributed by atoms with van der Waals surface area (Å²) in [7, 11) is 0. The van der Waals surface area contributed by atoms with Gasteiger partial charge in [-0.15, -0.1) is 0 Å². The maximum absolute atomic E-state index is 14.8. The van der Waals surface area contributed by atoms with Crippen LogP contribution in [0.5, 0.6) is 11.5 Å². The number of nitrogens with zero attached hydrogens (tertiary/aromatic N) is 3. The average molecular weight is 504 g/mol. The molecule has 37 heavy (non-hydrogen) atoms. The number of carbonyl (C=O) groups is 1. The van der Waals surface area contributed by atoms with E-state index in [0.29, 0.717) is 22.8 Å². The van der Waals surface area contributed by atoms with Gasteiger partial charge < -0.3 is 10.1 Å². The zero-order chi connectivity index (χ0) is 26.1. The van der Waals surface area contributed by atoms with Gasteiger partial charge in [0.2, 0.25) is 11.6 Å². The Bertz CT molecular complexity index is 1660. The van der Waals surface area contributed by atoms with Gasteiger partial charge in [0, 0.05) is 35.2 Å². The zero-order valence-electron chi connectivity index (χ0n) is 19.1. The average Bonchev–Trinajstić information content (AvgIpc) is 2.89. The number of amides is 1. The Morgan fingerprint density at radius 2 is 1.70 bits per heavy atom. The predicted octanol–water partition coefficient (Wildman–Crippen LogP) is 6.60. The molecular formula is C27H16F4N4O2. The first-order valence-corrected chi connectivity index (χ1v) is 10.9.